The van der Waals surface area contributed by atoms with Crippen molar-refractivity contribution < 1.29 is 4.74 Å². The molecular weight excluding hydrogens is 196 g/mol. The average Bonchev–Trinajstić information content (AvgIpc) is 2.77. The summed E-state index contributed by atoms with van der Waals surface area (Å²) >= 11 is 0. The first kappa shape index (κ1) is 10.8. The lowest BCUT2D eigenvalue weighted by Crippen LogP contribution is -2.34. The van der Waals surface area contributed by atoms with Crippen molar-refractivity contribution in [3.63, 3.8) is 0 Å². The summed E-state index contributed by atoms with van der Waals surface area (Å²) < 4.78 is 5.49. The number of rotatable bonds is 3. The van der Waals surface area contributed by atoms with Crippen LogP contribution in [0.15, 0.2) is 11.6 Å². The van der Waals surface area contributed by atoms with E-state index in [1.54, 1.807) is 18.4 Å². The van der Waals surface area contributed by atoms with Crippen molar-refractivity contribution >= 4 is 0 Å². The van der Waals surface area contributed by atoms with Crippen molar-refractivity contribution in [3.8, 4) is 0 Å². The molecule has 1 aliphatic heterocycles. The molecule has 2 bridgehead atoms. The van der Waals surface area contributed by atoms with Gasteiger partial charge in [0.25, 0.3) is 0 Å². The third kappa shape index (κ3) is 2.07. The molecule has 16 heavy (non-hydrogen) atoms. The molecule has 1 heteroatoms. The fraction of sp³-hybridized carbons (Fsp3) is 0.867. The quantitative estimate of drug-likeness (QED) is 0.657. The van der Waals surface area contributed by atoms with Crippen LogP contribution < -0.4 is 0 Å². The molecule has 4 aliphatic rings. The topological polar surface area (TPSA) is 9.23 Å². The SMILES string of the molecule is C/C=C(/CC1CCOC1)C1CC2CC(C2)C1. The smallest absolute Gasteiger partial charge is 0.0498 e. The zero-order valence-corrected chi connectivity index (χ0v) is 10.5. The Bertz CT molecular complexity index is 259. The van der Waals surface area contributed by atoms with Crippen LogP contribution in [0.2, 0.25) is 0 Å². The van der Waals surface area contributed by atoms with E-state index in [0.717, 1.165) is 36.9 Å². The summed E-state index contributed by atoms with van der Waals surface area (Å²) in [5, 5.41) is 0. The van der Waals surface area contributed by atoms with E-state index in [0.29, 0.717) is 0 Å². The van der Waals surface area contributed by atoms with Crippen LogP contribution in [0.5, 0.6) is 0 Å². The van der Waals surface area contributed by atoms with Gasteiger partial charge in [-0.25, -0.2) is 0 Å². The van der Waals surface area contributed by atoms with Crippen LogP contribution in [-0.4, -0.2) is 13.2 Å². The maximum absolute atomic E-state index is 5.49. The summed E-state index contributed by atoms with van der Waals surface area (Å²) in [6, 6.07) is 0. The minimum atomic E-state index is 0.824. The minimum absolute atomic E-state index is 0.824. The molecule has 1 heterocycles. The van der Waals surface area contributed by atoms with Crippen LogP contribution in [0.25, 0.3) is 0 Å². The van der Waals surface area contributed by atoms with Gasteiger partial charge >= 0.3 is 0 Å². The molecule has 0 amide bonds. The van der Waals surface area contributed by atoms with Crippen molar-refractivity contribution in [1.29, 1.82) is 0 Å². The lowest BCUT2D eigenvalue weighted by atomic mass is 9.59. The predicted molar refractivity (Wildman–Crippen MR) is 66.2 cm³/mol. The van der Waals surface area contributed by atoms with Crippen LogP contribution in [0.3, 0.4) is 0 Å². The lowest BCUT2D eigenvalue weighted by Gasteiger charge is -2.46. The van der Waals surface area contributed by atoms with Gasteiger partial charge in [-0.2, -0.15) is 0 Å². The van der Waals surface area contributed by atoms with Crippen LogP contribution in [0.4, 0.5) is 0 Å². The van der Waals surface area contributed by atoms with E-state index in [-0.39, 0.29) is 0 Å². The molecule has 0 aromatic rings. The Hall–Kier alpha value is -0.300. The van der Waals surface area contributed by atoms with Crippen LogP contribution in [0.1, 0.15) is 45.4 Å². The first-order valence-corrected chi connectivity index (χ1v) is 7.08. The molecule has 3 saturated carbocycles. The highest BCUT2D eigenvalue weighted by molar-refractivity contribution is 5.11. The zero-order valence-electron chi connectivity index (χ0n) is 10.5. The Morgan fingerprint density at radius 3 is 2.50 bits per heavy atom. The van der Waals surface area contributed by atoms with Crippen LogP contribution in [-0.2, 0) is 4.74 Å². The second kappa shape index (κ2) is 4.52. The van der Waals surface area contributed by atoms with Crippen molar-refractivity contribution in [2.75, 3.05) is 13.2 Å². The highest BCUT2D eigenvalue weighted by Crippen LogP contribution is 2.50. The van der Waals surface area contributed by atoms with Gasteiger partial charge in [0.2, 0.25) is 0 Å². The monoisotopic (exact) mass is 220 g/mol. The molecule has 3 aliphatic carbocycles. The Balaban J connectivity index is 1.58. The lowest BCUT2D eigenvalue weighted by molar-refractivity contribution is 0.0789. The van der Waals surface area contributed by atoms with E-state index in [1.807, 2.05) is 0 Å². The second-order valence-electron chi connectivity index (χ2n) is 6.17. The Kier molecular flexibility index (Phi) is 3.06. The Morgan fingerprint density at radius 2 is 1.94 bits per heavy atom. The number of hydrogen-bond acceptors (Lipinski definition) is 1. The highest BCUT2D eigenvalue weighted by atomic mass is 16.5. The second-order valence-corrected chi connectivity index (χ2v) is 6.17. The molecule has 0 radical (unpaired) electrons. The van der Waals surface area contributed by atoms with E-state index in [9.17, 15) is 0 Å². The van der Waals surface area contributed by atoms with Crippen LogP contribution >= 0.6 is 0 Å². The summed E-state index contributed by atoms with van der Waals surface area (Å²) in [7, 11) is 0. The molecule has 90 valence electrons. The number of fused-ring (bicyclic) bond motifs is 2. The molecular formula is C15H24O. The van der Waals surface area contributed by atoms with Gasteiger partial charge in [-0.05, 0) is 69.1 Å². The summed E-state index contributed by atoms with van der Waals surface area (Å²) in [5.41, 5.74) is 1.75. The number of hydrogen-bond donors (Lipinski definition) is 0. The van der Waals surface area contributed by atoms with E-state index >= 15 is 0 Å². The molecule has 0 aromatic heterocycles. The molecule has 4 fully saturated rings. The maximum Gasteiger partial charge on any atom is 0.0498 e. The molecule has 1 saturated heterocycles. The largest absolute Gasteiger partial charge is 0.381 e. The van der Waals surface area contributed by atoms with E-state index in [4.69, 9.17) is 4.74 Å². The molecule has 0 aromatic carbocycles. The van der Waals surface area contributed by atoms with Gasteiger partial charge in [-0.3, -0.25) is 0 Å². The Labute approximate surface area is 99.3 Å². The van der Waals surface area contributed by atoms with Gasteiger partial charge in [0.15, 0.2) is 0 Å². The first-order valence-electron chi connectivity index (χ1n) is 7.08. The summed E-state index contributed by atoms with van der Waals surface area (Å²) in [4.78, 5) is 0. The van der Waals surface area contributed by atoms with Gasteiger partial charge in [-0.15, -0.1) is 0 Å². The van der Waals surface area contributed by atoms with Crippen molar-refractivity contribution in [3.05, 3.63) is 11.6 Å². The normalized spacial score (nSPS) is 43.2. The third-order valence-corrected chi connectivity index (χ3v) is 5.01. The highest BCUT2D eigenvalue weighted by Gasteiger charge is 2.39. The first-order chi connectivity index (χ1) is 7.85. The molecule has 4 rings (SSSR count). The number of allylic oxidation sites excluding steroid dienone is 2. The third-order valence-electron chi connectivity index (χ3n) is 5.01. The summed E-state index contributed by atoms with van der Waals surface area (Å²) in [5.74, 6) is 3.92. The van der Waals surface area contributed by atoms with Crippen molar-refractivity contribution in [1.82, 2.24) is 0 Å². The summed E-state index contributed by atoms with van der Waals surface area (Å²) in [6.07, 6.45) is 11.1. The molecule has 0 N–H and O–H groups in total. The van der Waals surface area contributed by atoms with Crippen molar-refractivity contribution in [2.45, 2.75) is 45.4 Å². The fourth-order valence-electron chi connectivity index (χ4n) is 4.06. The fourth-order valence-corrected chi connectivity index (χ4v) is 4.06. The molecule has 1 unspecified atom stereocenters. The van der Waals surface area contributed by atoms with E-state index in [2.05, 4.69) is 13.0 Å². The molecule has 0 spiro atoms. The van der Waals surface area contributed by atoms with E-state index in [1.165, 1.54) is 25.7 Å². The van der Waals surface area contributed by atoms with Gasteiger partial charge in [0, 0.05) is 13.2 Å². The average molecular weight is 220 g/mol. The molecule has 1 nitrogen and oxygen atoms in total. The zero-order chi connectivity index (χ0) is 11.0. The summed E-state index contributed by atoms with van der Waals surface area (Å²) in [6.45, 7) is 4.25. The van der Waals surface area contributed by atoms with Crippen LogP contribution in [0, 0.1) is 23.7 Å². The van der Waals surface area contributed by atoms with Crippen molar-refractivity contribution in [2.24, 2.45) is 23.7 Å². The van der Waals surface area contributed by atoms with Gasteiger partial charge in [0.05, 0.1) is 0 Å². The molecule has 1 atom stereocenters. The predicted octanol–water partition coefficient (Wildman–Crippen LogP) is 3.80. The van der Waals surface area contributed by atoms with Gasteiger partial charge < -0.3 is 4.74 Å². The maximum atomic E-state index is 5.49. The minimum Gasteiger partial charge on any atom is -0.381 e. The van der Waals surface area contributed by atoms with Gasteiger partial charge in [-0.1, -0.05) is 11.6 Å². The van der Waals surface area contributed by atoms with E-state index < -0.39 is 0 Å². The van der Waals surface area contributed by atoms with Gasteiger partial charge in [0.1, 0.15) is 0 Å². The standard InChI is InChI=1S/C15H24O/c1-2-14(7-11-3-4-16-10-11)15-8-12-5-13(6-12)9-15/h2,11-13,15H,3-10H2,1H3/b14-2-. The number of ether oxygens (including phenoxy) is 1. The Morgan fingerprint density at radius 1 is 1.19 bits per heavy atom.